The summed E-state index contributed by atoms with van der Waals surface area (Å²) in [6, 6.07) is 0. The summed E-state index contributed by atoms with van der Waals surface area (Å²) in [4.78, 5) is 0. The molecule has 8 fully saturated rings. The van der Waals surface area contributed by atoms with E-state index in [-0.39, 0.29) is 0 Å². The first-order valence-corrected chi connectivity index (χ1v) is 13.5. The second kappa shape index (κ2) is 22.3. The van der Waals surface area contributed by atoms with Crippen LogP contribution >= 0.6 is 0 Å². The van der Waals surface area contributed by atoms with Crippen LogP contribution in [0.5, 0.6) is 0 Å². The zero-order valence-electron chi connectivity index (χ0n) is 19.1. The van der Waals surface area contributed by atoms with Gasteiger partial charge in [0, 0.05) is 0 Å². The van der Waals surface area contributed by atoms with Gasteiger partial charge in [0.1, 0.15) is 0 Å². The van der Waals surface area contributed by atoms with Gasteiger partial charge in [-0.15, -0.1) is 0 Å². The fourth-order valence-electron chi connectivity index (χ4n) is 0.750. The fraction of sp³-hybridized carbons (Fsp3) is 1.00. The SMILES string of the molecule is C1CC1.C1CC1.C1CC1.C1CC1.C1CC1.C1CCC1.C1CCC1.C1CCC1. The van der Waals surface area contributed by atoms with Crippen molar-refractivity contribution >= 4 is 0 Å². The zero-order chi connectivity index (χ0) is 19.1. The van der Waals surface area contributed by atoms with E-state index < -0.39 is 0 Å². The minimum atomic E-state index is 1.50. The molecule has 0 aromatic heterocycles. The maximum absolute atomic E-state index is 1.50. The van der Waals surface area contributed by atoms with E-state index in [4.69, 9.17) is 0 Å². The molecule has 0 heterocycles. The Morgan fingerprint density at radius 1 is 0.0741 bits per heavy atom. The van der Waals surface area contributed by atoms with Crippen LogP contribution in [0.15, 0.2) is 0 Å². The second-order valence-corrected chi connectivity index (χ2v) is 9.55. The molecule has 0 amide bonds. The van der Waals surface area contributed by atoms with E-state index in [9.17, 15) is 0 Å². The van der Waals surface area contributed by atoms with Gasteiger partial charge in [-0.05, 0) is 0 Å². The third-order valence-corrected chi connectivity index (χ3v) is 4.77. The number of hydrogen-bond acceptors (Lipinski definition) is 0. The predicted molar refractivity (Wildman–Crippen MR) is 125 cm³/mol. The van der Waals surface area contributed by atoms with Crippen LogP contribution < -0.4 is 0 Å². The Morgan fingerprint density at radius 2 is 0.111 bits per heavy atom. The van der Waals surface area contributed by atoms with Crippen molar-refractivity contribution in [1.82, 2.24) is 0 Å². The largest absolute Gasteiger partial charge is 0.0533 e. The Labute approximate surface area is 173 Å². The van der Waals surface area contributed by atoms with Crippen LogP contribution in [-0.2, 0) is 0 Å². The van der Waals surface area contributed by atoms with Crippen molar-refractivity contribution in [3.05, 3.63) is 0 Å². The minimum Gasteiger partial charge on any atom is -0.0533 e. The minimum absolute atomic E-state index is 1.50. The van der Waals surface area contributed by atoms with Crippen molar-refractivity contribution < 1.29 is 0 Å². The van der Waals surface area contributed by atoms with Crippen molar-refractivity contribution in [3.8, 4) is 0 Å². The maximum Gasteiger partial charge on any atom is -0.0533 e. The second-order valence-electron chi connectivity index (χ2n) is 9.55. The molecule has 0 bridgehead atoms. The molecule has 0 atom stereocenters. The van der Waals surface area contributed by atoms with Gasteiger partial charge in [0.2, 0.25) is 0 Å². The van der Waals surface area contributed by atoms with Crippen LogP contribution in [0.25, 0.3) is 0 Å². The number of hydrogen-bond donors (Lipinski definition) is 0. The molecule has 0 unspecified atom stereocenters. The van der Waals surface area contributed by atoms with Crippen LogP contribution in [0.1, 0.15) is 173 Å². The summed E-state index contributed by atoms with van der Waals surface area (Å²) in [5.74, 6) is 0. The summed E-state index contributed by atoms with van der Waals surface area (Å²) in [6.45, 7) is 0. The van der Waals surface area contributed by atoms with Crippen molar-refractivity contribution in [2.24, 2.45) is 0 Å². The highest BCUT2D eigenvalue weighted by atomic mass is 14.0. The predicted octanol–water partition coefficient (Wildman–Crippen LogP) is 10.5. The molecule has 0 saturated heterocycles. The highest BCUT2D eigenvalue weighted by molar-refractivity contribution is 4.53. The van der Waals surface area contributed by atoms with Gasteiger partial charge in [-0.1, -0.05) is 173 Å². The Kier molecular flexibility index (Phi) is 20.7. The molecule has 0 aliphatic heterocycles. The third kappa shape index (κ3) is 51.8. The van der Waals surface area contributed by atoms with Crippen LogP contribution in [0.3, 0.4) is 0 Å². The Hall–Kier alpha value is 0. The molecule has 8 rings (SSSR count). The van der Waals surface area contributed by atoms with Crippen LogP contribution in [0, 0.1) is 0 Å². The first kappa shape index (κ1) is 25.0. The average molecular weight is 379 g/mol. The van der Waals surface area contributed by atoms with E-state index in [2.05, 4.69) is 0 Å². The summed E-state index contributed by atoms with van der Waals surface area (Å²) in [7, 11) is 0. The van der Waals surface area contributed by atoms with Crippen LogP contribution in [0.4, 0.5) is 0 Å². The Bertz CT molecular complexity index is 155. The monoisotopic (exact) mass is 378 g/mol. The fourth-order valence-corrected chi connectivity index (χ4v) is 0.750. The maximum atomic E-state index is 1.50. The molecule has 0 aromatic carbocycles. The van der Waals surface area contributed by atoms with E-state index in [0.717, 1.165) is 0 Å². The van der Waals surface area contributed by atoms with E-state index in [1.54, 1.807) is 0 Å². The van der Waals surface area contributed by atoms with E-state index in [1.165, 1.54) is 173 Å². The van der Waals surface area contributed by atoms with Gasteiger partial charge in [-0.3, -0.25) is 0 Å². The van der Waals surface area contributed by atoms with Gasteiger partial charge in [-0.2, -0.15) is 0 Å². The molecule has 0 aromatic rings. The van der Waals surface area contributed by atoms with E-state index in [1.807, 2.05) is 0 Å². The van der Waals surface area contributed by atoms with Gasteiger partial charge in [-0.25, -0.2) is 0 Å². The Balaban J connectivity index is 0.000000155. The highest BCUT2D eigenvalue weighted by Crippen LogP contribution is 2.17. The summed E-state index contributed by atoms with van der Waals surface area (Å²) >= 11 is 0. The standard InChI is InChI=1S/3C4H8.5C3H6/c3*1-2-4-3-1;5*1-2-3-1/h3*1-4H2;5*1-3H2. The molecule has 0 N–H and O–H groups in total. The van der Waals surface area contributed by atoms with Crippen molar-refractivity contribution in [3.63, 3.8) is 0 Å². The summed E-state index contributed by atoms with van der Waals surface area (Å²) in [6.07, 6.45) is 40.5. The van der Waals surface area contributed by atoms with Gasteiger partial charge in [0.05, 0.1) is 0 Å². The molecule has 8 aliphatic carbocycles. The van der Waals surface area contributed by atoms with E-state index in [0.29, 0.717) is 0 Å². The van der Waals surface area contributed by atoms with Crippen LogP contribution in [-0.4, -0.2) is 0 Å². The lowest BCUT2D eigenvalue weighted by atomic mass is 10.0. The number of rotatable bonds is 0. The van der Waals surface area contributed by atoms with Gasteiger partial charge >= 0.3 is 0 Å². The molecule has 27 heavy (non-hydrogen) atoms. The highest BCUT2D eigenvalue weighted by Gasteiger charge is 1.97. The molecule has 0 radical (unpaired) electrons. The summed E-state index contributed by atoms with van der Waals surface area (Å²) in [5, 5.41) is 0. The first-order valence-electron chi connectivity index (χ1n) is 13.5. The van der Waals surface area contributed by atoms with Gasteiger partial charge in [0.15, 0.2) is 0 Å². The molecule has 0 heteroatoms. The van der Waals surface area contributed by atoms with E-state index >= 15 is 0 Å². The molecule has 0 spiro atoms. The van der Waals surface area contributed by atoms with Crippen molar-refractivity contribution in [1.29, 1.82) is 0 Å². The summed E-state index contributed by atoms with van der Waals surface area (Å²) in [5.41, 5.74) is 0. The topological polar surface area (TPSA) is 0 Å². The molecular weight excluding hydrogens is 324 g/mol. The Morgan fingerprint density at radius 3 is 0.111 bits per heavy atom. The molecule has 0 nitrogen and oxygen atoms in total. The molecular formula is C27H54. The lowest BCUT2D eigenvalue weighted by Crippen LogP contribution is -1.85. The normalized spacial score (nSPS) is 24.0. The first-order chi connectivity index (χ1) is 13.5. The van der Waals surface area contributed by atoms with Gasteiger partial charge < -0.3 is 0 Å². The summed E-state index contributed by atoms with van der Waals surface area (Å²) < 4.78 is 0. The molecule has 8 aliphatic rings. The van der Waals surface area contributed by atoms with Gasteiger partial charge in [0.25, 0.3) is 0 Å². The third-order valence-electron chi connectivity index (χ3n) is 4.77. The quantitative estimate of drug-likeness (QED) is 0.393. The van der Waals surface area contributed by atoms with Crippen LogP contribution in [0.2, 0.25) is 0 Å². The lowest BCUT2D eigenvalue weighted by Gasteiger charge is -2.05. The van der Waals surface area contributed by atoms with Crippen molar-refractivity contribution in [2.75, 3.05) is 0 Å². The average Bonchev–Trinajstić information content (AvgIpc) is 3.38. The molecule has 162 valence electrons. The lowest BCUT2D eigenvalue weighted by molar-refractivity contribution is 0.504. The zero-order valence-corrected chi connectivity index (χ0v) is 19.1. The van der Waals surface area contributed by atoms with Crippen molar-refractivity contribution in [2.45, 2.75) is 173 Å². The smallest absolute Gasteiger partial charge is 0.0533 e. The molecule has 8 saturated carbocycles.